The van der Waals surface area contributed by atoms with E-state index < -0.39 is 5.82 Å². The van der Waals surface area contributed by atoms with Crippen molar-refractivity contribution in [3.8, 4) is 0 Å². The molecule has 0 saturated heterocycles. The maximum atomic E-state index is 12.9. The summed E-state index contributed by atoms with van der Waals surface area (Å²) in [4.78, 5) is 11.6. The number of halogens is 2. The molecule has 1 rings (SSSR count). The van der Waals surface area contributed by atoms with E-state index in [4.69, 9.17) is 11.6 Å². The van der Waals surface area contributed by atoms with Gasteiger partial charge in [-0.05, 0) is 24.1 Å². The van der Waals surface area contributed by atoms with Crippen molar-refractivity contribution in [1.29, 1.82) is 0 Å². The molecule has 3 heteroatoms. The minimum Gasteiger partial charge on any atom is -0.299 e. The maximum Gasteiger partial charge on any atom is 0.141 e. The van der Waals surface area contributed by atoms with E-state index in [2.05, 4.69) is 0 Å². The molecule has 1 unspecified atom stereocenters. The molecule has 0 saturated carbocycles. The lowest BCUT2D eigenvalue weighted by Crippen LogP contribution is -2.08. The van der Waals surface area contributed by atoms with Crippen LogP contribution < -0.4 is 0 Å². The third-order valence-corrected chi connectivity index (χ3v) is 2.71. The number of Topliss-reactive ketones (excluding diaryl/α,β-unsaturated/α-hetero) is 1. The predicted octanol–water partition coefficient (Wildman–Crippen LogP) is 3.95. The molecule has 0 N–H and O–H groups in total. The van der Waals surface area contributed by atoms with Crippen molar-refractivity contribution in [3.05, 3.63) is 34.6 Å². The predicted molar refractivity (Wildman–Crippen MR) is 59.7 cm³/mol. The van der Waals surface area contributed by atoms with E-state index in [1.54, 1.807) is 6.07 Å². The molecule has 1 aromatic rings. The van der Waals surface area contributed by atoms with Crippen LogP contribution in [0.25, 0.3) is 0 Å². The van der Waals surface area contributed by atoms with Gasteiger partial charge >= 0.3 is 0 Å². The van der Waals surface area contributed by atoms with Gasteiger partial charge in [-0.15, -0.1) is 0 Å². The van der Waals surface area contributed by atoms with Gasteiger partial charge in [-0.2, -0.15) is 0 Å². The Morgan fingerprint density at radius 1 is 1.53 bits per heavy atom. The first-order valence-corrected chi connectivity index (χ1v) is 5.41. The highest BCUT2D eigenvalue weighted by atomic mass is 35.5. The summed E-state index contributed by atoms with van der Waals surface area (Å²) >= 11 is 5.65. The van der Waals surface area contributed by atoms with E-state index >= 15 is 0 Å². The summed E-state index contributed by atoms with van der Waals surface area (Å²) in [5.41, 5.74) is 0.778. The lowest BCUT2D eigenvalue weighted by Gasteiger charge is -2.10. The second-order valence-electron chi connectivity index (χ2n) is 3.61. The fraction of sp³-hybridized carbons (Fsp3) is 0.417. The van der Waals surface area contributed by atoms with Gasteiger partial charge in [0.1, 0.15) is 11.6 Å². The van der Waals surface area contributed by atoms with Crippen LogP contribution in [0.1, 0.15) is 38.2 Å². The molecule has 0 aliphatic carbocycles. The number of hydrogen-bond donors (Lipinski definition) is 0. The van der Waals surface area contributed by atoms with Crippen molar-refractivity contribution in [1.82, 2.24) is 0 Å². The highest BCUT2D eigenvalue weighted by Crippen LogP contribution is 2.23. The zero-order chi connectivity index (χ0) is 11.4. The van der Waals surface area contributed by atoms with Crippen LogP contribution >= 0.6 is 11.6 Å². The van der Waals surface area contributed by atoms with Gasteiger partial charge in [-0.1, -0.05) is 31.5 Å². The van der Waals surface area contributed by atoms with E-state index in [1.807, 2.05) is 13.8 Å². The lowest BCUT2D eigenvalue weighted by molar-refractivity contribution is -0.120. The summed E-state index contributed by atoms with van der Waals surface area (Å²) in [6.07, 6.45) is 1.38. The van der Waals surface area contributed by atoms with Gasteiger partial charge < -0.3 is 0 Å². The summed E-state index contributed by atoms with van der Waals surface area (Å²) in [5.74, 6) is -0.487. The minimum absolute atomic E-state index is 0.0728. The molecule has 0 bridgehead atoms. The molecule has 1 nitrogen and oxygen atoms in total. The fourth-order valence-corrected chi connectivity index (χ4v) is 1.62. The molecule has 1 atom stereocenters. The molecule has 0 amide bonds. The second-order valence-corrected chi connectivity index (χ2v) is 4.02. The van der Waals surface area contributed by atoms with Crippen molar-refractivity contribution in [2.45, 2.75) is 32.6 Å². The van der Waals surface area contributed by atoms with Crippen LogP contribution in [0.5, 0.6) is 0 Å². The molecule has 1 aromatic carbocycles. The molecular formula is C12H14ClFO. The first-order valence-electron chi connectivity index (χ1n) is 5.04. The quantitative estimate of drug-likeness (QED) is 0.763. The van der Waals surface area contributed by atoms with Gasteiger partial charge in [-0.25, -0.2) is 4.39 Å². The number of benzene rings is 1. The molecule has 0 aromatic heterocycles. The van der Waals surface area contributed by atoms with E-state index in [0.29, 0.717) is 6.42 Å². The molecule has 0 heterocycles. The Morgan fingerprint density at radius 2 is 2.20 bits per heavy atom. The van der Waals surface area contributed by atoms with Gasteiger partial charge in [0.2, 0.25) is 0 Å². The molecule has 0 radical (unpaired) electrons. The van der Waals surface area contributed by atoms with Crippen LogP contribution in [0.15, 0.2) is 18.2 Å². The van der Waals surface area contributed by atoms with Crippen LogP contribution in [-0.4, -0.2) is 5.78 Å². The first-order chi connectivity index (χ1) is 7.06. The zero-order valence-corrected chi connectivity index (χ0v) is 9.64. The molecule has 0 spiro atoms. The van der Waals surface area contributed by atoms with Gasteiger partial charge in [0.05, 0.1) is 5.02 Å². The second kappa shape index (κ2) is 5.26. The number of hydrogen-bond acceptors (Lipinski definition) is 1. The topological polar surface area (TPSA) is 17.1 Å². The van der Waals surface area contributed by atoms with Crippen LogP contribution in [-0.2, 0) is 4.79 Å². The van der Waals surface area contributed by atoms with Crippen LogP contribution in [0.3, 0.4) is 0 Å². The van der Waals surface area contributed by atoms with E-state index in [9.17, 15) is 9.18 Å². The van der Waals surface area contributed by atoms with Crippen LogP contribution in [0, 0.1) is 5.82 Å². The molecule has 15 heavy (non-hydrogen) atoms. The Morgan fingerprint density at radius 3 is 2.73 bits per heavy atom. The average Bonchev–Trinajstić information content (AvgIpc) is 2.21. The maximum absolute atomic E-state index is 12.9. The van der Waals surface area contributed by atoms with Crippen LogP contribution in [0.4, 0.5) is 4.39 Å². The van der Waals surface area contributed by atoms with Crippen molar-refractivity contribution in [3.63, 3.8) is 0 Å². The Kier molecular flexibility index (Phi) is 4.28. The van der Waals surface area contributed by atoms with Crippen molar-refractivity contribution >= 4 is 17.4 Å². The van der Waals surface area contributed by atoms with Crippen molar-refractivity contribution in [2.24, 2.45) is 0 Å². The number of carbonyl (C=O) groups is 1. The third-order valence-electron chi connectivity index (χ3n) is 2.42. The van der Waals surface area contributed by atoms with E-state index in [-0.39, 0.29) is 16.7 Å². The van der Waals surface area contributed by atoms with Gasteiger partial charge in [0.25, 0.3) is 0 Å². The number of ketones is 1. The highest BCUT2D eigenvalue weighted by molar-refractivity contribution is 6.30. The average molecular weight is 229 g/mol. The monoisotopic (exact) mass is 228 g/mol. The normalized spacial score (nSPS) is 12.5. The smallest absolute Gasteiger partial charge is 0.141 e. The van der Waals surface area contributed by atoms with Crippen molar-refractivity contribution in [2.75, 3.05) is 0 Å². The Labute approximate surface area is 94.3 Å². The summed E-state index contributed by atoms with van der Waals surface area (Å²) in [7, 11) is 0. The standard InChI is InChI=1S/C12H14ClFO/c1-3-4-12(15)8(2)9-5-6-11(14)10(13)7-9/h5-8H,3-4H2,1-2H3. The summed E-state index contributed by atoms with van der Waals surface area (Å²) in [6, 6.07) is 4.43. The minimum atomic E-state index is -0.449. The number of rotatable bonds is 4. The van der Waals surface area contributed by atoms with E-state index in [0.717, 1.165) is 12.0 Å². The zero-order valence-electron chi connectivity index (χ0n) is 8.89. The van der Waals surface area contributed by atoms with Gasteiger partial charge in [0.15, 0.2) is 0 Å². The molecule has 82 valence electrons. The summed E-state index contributed by atoms with van der Waals surface area (Å²) in [6.45, 7) is 3.78. The van der Waals surface area contributed by atoms with Crippen LogP contribution in [0.2, 0.25) is 5.02 Å². The van der Waals surface area contributed by atoms with E-state index in [1.165, 1.54) is 12.1 Å². The first kappa shape index (κ1) is 12.2. The van der Waals surface area contributed by atoms with Gasteiger partial charge in [0, 0.05) is 12.3 Å². The molecule has 0 aliphatic rings. The SMILES string of the molecule is CCCC(=O)C(C)c1ccc(F)c(Cl)c1. The Hall–Kier alpha value is -0.890. The summed E-state index contributed by atoms with van der Waals surface area (Å²) in [5, 5.41) is 0.0728. The van der Waals surface area contributed by atoms with Crippen molar-refractivity contribution < 1.29 is 9.18 Å². The third kappa shape index (κ3) is 3.03. The van der Waals surface area contributed by atoms with Gasteiger partial charge in [-0.3, -0.25) is 4.79 Å². The Bertz CT molecular complexity index is 363. The largest absolute Gasteiger partial charge is 0.299 e. The summed E-state index contributed by atoms with van der Waals surface area (Å²) < 4.78 is 12.9. The molecule has 0 aliphatic heterocycles. The molecular weight excluding hydrogens is 215 g/mol. The lowest BCUT2D eigenvalue weighted by atomic mass is 9.94. The number of carbonyl (C=O) groups excluding carboxylic acids is 1. The Balaban J connectivity index is 2.86. The highest BCUT2D eigenvalue weighted by Gasteiger charge is 2.15. The molecule has 0 fully saturated rings. The fourth-order valence-electron chi connectivity index (χ4n) is 1.43.